The molecule has 5 aromatic rings. The lowest BCUT2D eigenvalue weighted by Crippen LogP contribution is -2.40. The zero-order chi connectivity index (χ0) is 31.6. The smallest absolute Gasteiger partial charge is 0.402 e. The molecule has 0 saturated carbocycles. The van der Waals surface area contributed by atoms with Gasteiger partial charge in [-0.25, -0.2) is 0 Å². The molecule has 0 aliphatic heterocycles. The molecule has 0 aliphatic carbocycles. The van der Waals surface area contributed by atoms with Crippen LogP contribution in [0.1, 0.15) is 51.4 Å². The van der Waals surface area contributed by atoms with Crippen molar-refractivity contribution in [1.82, 2.24) is 0 Å². The normalized spacial score (nSPS) is 11.0. The molecule has 0 radical (unpaired) electrons. The molecule has 0 saturated heterocycles. The number of alkyl halides is 3. The Bertz CT molecular complexity index is 1440. The summed E-state index contributed by atoms with van der Waals surface area (Å²) < 4.78 is 46.7. The maximum atomic E-state index is 13.7. The summed E-state index contributed by atoms with van der Waals surface area (Å²) in [7, 11) is 0. The summed E-state index contributed by atoms with van der Waals surface area (Å²) in [4.78, 5) is 0. The standard InChI is InChI=1S/C17H17F3.C14H14O.C8H10/c1-12-4-8-14(9-5-12)16(3,17(18,19)20)15-10-6-13(2)7-11-15;1-11-3-7-13(8-4-11)15-14-9-5-12(2)6-10-14;1-7-4-3-5-8(2)6-7/h4-11H,1-3H3;3-10H,1-2H3;3-6H,1-2H3. The summed E-state index contributed by atoms with van der Waals surface area (Å²) in [5, 5.41) is 0. The first kappa shape index (κ1) is 33.2. The minimum absolute atomic E-state index is 0.263. The minimum atomic E-state index is -4.35. The van der Waals surface area contributed by atoms with Crippen molar-refractivity contribution in [3.63, 3.8) is 0 Å². The van der Waals surface area contributed by atoms with Crippen LogP contribution in [0, 0.1) is 41.5 Å². The van der Waals surface area contributed by atoms with Crippen LogP contribution in [0.5, 0.6) is 11.5 Å². The molecule has 0 amide bonds. The molecule has 0 N–H and O–H groups in total. The fraction of sp³-hybridized carbons (Fsp3) is 0.231. The third kappa shape index (κ3) is 9.61. The quantitative estimate of drug-likeness (QED) is 0.205. The summed E-state index contributed by atoms with van der Waals surface area (Å²) in [6.07, 6.45) is -4.35. The number of ether oxygens (including phenoxy) is 1. The van der Waals surface area contributed by atoms with E-state index in [0.717, 1.165) is 22.6 Å². The van der Waals surface area contributed by atoms with Gasteiger partial charge in [0.2, 0.25) is 0 Å². The fourth-order valence-corrected chi connectivity index (χ4v) is 4.42. The van der Waals surface area contributed by atoms with E-state index in [1.165, 1.54) is 29.2 Å². The van der Waals surface area contributed by atoms with Gasteiger partial charge in [0.15, 0.2) is 0 Å². The number of hydrogen-bond donors (Lipinski definition) is 0. The van der Waals surface area contributed by atoms with Gasteiger partial charge in [-0.05, 0) is 83.9 Å². The molecule has 224 valence electrons. The highest BCUT2D eigenvalue weighted by Gasteiger charge is 2.53. The van der Waals surface area contributed by atoms with Crippen LogP contribution in [-0.2, 0) is 5.41 Å². The summed E-state index contributed by atoms with van der Waals surface area (Å²) >= 11 is 0. The predicted molar refractivity (Wildman–Crippen MR) is 173 cm³/mol. The third-order valence-corrected chi connectivity index (χ3v) is 7.28. The van der Waals surface area contributed by atoms with Gasteiger partial charge in [-0.1, -0.05) is 130 Å². The van der Waals surface area contributed by atoms with Crippen LogP contribution in [0.4, 0.5) is 13.2 Å². The molecule has 5 rings (SSSR count). The van der Waals surface area contributed by atoms with Gasteiger partial charge in [0.1, 0.15) is 16.9 Å². The first-order valence-corrected chi connectivity index (χ1v) is 14.3. The second-order valence-electron chi connectivity index (χ2n) is 11.2. The van der Waals surface area contributed by atoms with E-state index < -0.39 is 11.6 Å². The van der Waals surface area contributed by atoms with Gasteiger partial charge in [-0.15, -0.1) is 0 Å². The lowest BCUT2D eigenvalue weighted by molar-refractivity contribution is -0.173. The van der Waals surface area contributed by atoms with Crippen molar-refractivity contribution in [1.29, 1.82) is 0 Å². The predicted octanol–water partition coefficient (Wildman–Crippen LogP) is 11.6. The van der Waals surface area contributed by atoms with Crippen molar-refractivity contribution in [2.45, 2.75) is 60.1 Å². The summed E-state index contributed by atoms with van der Waals surface area (Å²) in [5.41, 5.74) is 5.59. The molecule has 0 unspecified atom stereocenters. The largest absolute Gasteiger partial charge is 0.457 e. The van der Waals surface area contributed by atoms with Crippen LogP contribution in [0.25, 0.3) is 0 Å². The van der Waals surface area contributed by atoms with Gasteiger partial charge < -0.3 is 4.74 Å². The Balaban J connectivity index is 0.000000193. The molecule has 43 heavy (non-hydrogen) atoms. The van der Waals surface area contributed by atoms with Crippen molar-refractivity contribution in [2.75, 3.05) is 0 Å². The van der Waals surface area contributed by atoms with Crippen molar-refractivity contribution in [3.8, 4) is 11.5 Å². The number of halogens is 3. The van der Waals surface area contributed by atoms with E-state index in [1.807, 2.05) is 62.4 Å². The van der Waals surface area contributed by atoms with Crippen LogP contribution in [0.2, 0.25) is 0 Å². The molecular formula is C39H41F3O. The second-order valence-corrected chi connectivity index (χ2v) is 11.2. The average molecular weight is 583 g/mol. The van der Waals surface area contributed by atoms with Gasteiger partial charge >= 0.3 is 6.18 Å². The fourth-order valence-electron chi connectivity index (χ4n) is 4.42. The van der Waals surface area contributed by atoms with E-state index in [9.17, 15) is 13.2 Å². The highest BCUT2D eigenvalue weighted by molar-refractivity contribution is 5.42. The zero-order valence-electron chi connectivity index (χ0n) is 26.1. The molecule has 1 nitrogen and oxygen atoms in total. The Hall–Kier alpha value is -4.31. The molecule has 0 bridgehead atoms. The lowest BCUT2D eigenvalue weighted by atomic mass is 9.75. The highest BCUT2D eigenvalue weighted by atomic mass is 19.4. The topological polar surface area (TPSA) is 9.23 Å². The Kier molecular flexibility index (Phi) is 11.4. The molecule has 0 aromatic heterocycles. The first-order valence-electron chi connectivity index (χ1n) is 14.3. The van der Waals surface area contributed by atoms with Gasteiger partial charge in [0.25, 0.3) is 0 Å². The van der Waals surface area contributed by atoms with Crippen molar-refractivity contribution in [3.05, 3.63) is 166 Å². The van der Waals surface area contributed by atoms with Gasteiger partial charge in [0.05, 0.1) is 0 Å². The molecular weight excluding hydrogens is 541 g/mol. The maximum Gasteiger partial charge on any atom is 0.402 e. The first-order chi connectivity index (χ1) is 20.3. The second kappa shape index (κ2) is 14.7. The zero-order valence-corrected chi connectivity index (χ0v) is 26.1. The Morgan fingerprint density at radius 3 is 0.977 bits per heavy atom. The van der Waals surface area contributed by atoms with E-state index in [1.54, 1.807) is 48.5 Å². The SMILES string of the molecule is Cc1ccc(C(C)(c2ccc(C)cc2)C(F)(F)F)cc1.Cc1ccc(Oc2ccc(C)cc2)cc1.Cc1cccc(C)c1. The Morgan fingerprint density at radius 1 is 0.419 bits per heavy atom. The Morgan fingerprint density at radius 2 is 0.721 bits per heavy atom. The Labute approximate surface area is 255 Å². The molecule has 4 heteroatoms. The van der Waals surface area contributed by atoms with E-state index in [2.05, 4.69) is 52.0 Å². The molecule has 0 atom stereocenters. The van der Waals surface area contributed by atoms with Crippen LogP contribution in [-0.4, -0.2) is 6.18 Å². The van der Waals surface area contributed by atoms with Gasteiger partial charge in [0, 0.05) is 0 Å². The van der Waals surface area contributed by atoms with Crippen LogP contribution in [0.15, 0.2) is 121 Å². The van der Waals surface area contributed by atoms with Crippen LogP contribution in [0.3, 0.4) is 0 Å². The van der Waals surface area contributed by atoms with Crippen molar-refractivity contribution < 1.29 is 17.9 Å². The highest BCUT2D eigenvalue weighted by Crippen LogP contribution is 2.46. The van der Waals surface area contributed by atoms with Gasteiger partial charge in [-0.2, -0.15) is 13.2 Å². The molecule has 0 fully saturated rings. The van der Waals surface area contributed by atoms with E-state index in [0.29, 0.717) is 0 Å². The summed E-state index contributed by atoms with van der Waals surface area (Å²) in [6, 6.07) is 37.7. The van der Waals surface area contributed by atoms with E-state index >= 15 is 0 Å². The third-order valence-electron chi connectivity index (χ3n) is 7.28. The number of hydrogen-bond acceptors (Lipinski definition) is 1. The lowest BCUT2D eigenvalue weighted by Gasteiger charge is -2.33. The van der Waals surface area contributed by atoms with Crippen molar-refractivity contribution >= 4 is 0 Å². The average Bonchev–Trinajstić information content (AvgIpc) is 2.96. The molecule has 0 heterocycles. The summed E-state index contributed by atoms with van der Waals surface area (Å²) in [6.45, 7) is 13.3. The number of rotatable bonds is 4. The van der Waals surface area contributed by atoms with Crippen LogP contribution < -0.4 is 4.74 Å². The van der Waals surface area contributed by atoms with Crippen LogP contribution >= 0.6 is 0 Å². The molecule has 0 aliphatic rings. The molecule has 0 spiro atoms. The van der Waals surface area contributed by atoms with Gasteiger partial charge in [-0.3, -0.25) is 0 Å². The number of benzene rings is 5. The monoisotopic (exact) mass is 582 g/mol. The maximum absolute atomic E-state index is 13.7. The molecule has 5 aromatic carbocycles. The van der Waals surface area contributed by atoms with E-state index in [4.69, 9.17) is 4.74 Å². The number of aryl methyl sites for hydroxylation is 6. The van der Waals surface area contributed by atoms with E-state index in [-0.39, 0.29) is 11.1 Å². The minimum Gasteiger partial charge on any atom is -0.457 e. The van der Waals surface area contributed by atoms with Crippen molar-refractivity contribution in [2.24, 2.45) is 0 Å². The summed E-state index contributed by atoms with van der Waals surface area (Å²) in [5.74, 6) is 1.76.